The van der Waals surface area contributed by atoms with Crippen molar-refractivity contribution < 1.29 is 18.3 Å². The van der Waals surface area contributed by atoms with Crippen LogP contribution < -0.4 is 5.73 Å². The van der Waals surface area contributed by atoms with Gasteiger partial charge in [-0.2, -0.15) is 8.78 Å². The van der Waals surface area contributed by atoms with Crippen LogP contribution in [0.2, 0.25) is 0 Å². The van der Waals surface area contributed by atoms with Crippen LogP contribution in [0.4, 0.5) is 8.78 Å². The molecule has 7 fully saturated rings. The number of carbonyl (C=O) groups is 1. The number of ether oxygens (including phenoxy) is 1. The topological polar surface area (TPSA) is 52.3 Å². The molecule has 0 aromatic heterocycles. The van der Waals surface area contributed by atoms with E-state index in [9.17, 15) is 13.6 Å². The van der Waals surface area contributed by atoms with Crippen LogP contribution in [0.15, 0.2) is 0 Å². The van der Waals surface area contributed by atoms with E-state index in [1.807, 2.05) is 0 Å². The number of hydrogen-bond acceptors (Lipinski definition) is 2. The van der Waals surface area contributed by atoms with Gasteiger partial charge in [-0.3, -0.25) is 4.79 Å². The van der Waals surface area contributed by atoms with Gasteiger partial charge in [0.25, 0.3) is 5.91 Å². The average molecular weight is 253 g/mol. The molecule has 5 saturated carbocycles. The van der Waals surface area contributed by atoms with Crippen molar-refractivity contribution >= 4 is 5.91 Å². The number of hydrogen-bond donors (Lipinski definition) is 1. The van der Waals surface area contributed by atoms with Gasteiger partial charge in [0.05, 0.1) is 6.10 Å². The number of rotatable bonds is 2. The number of amides is 1. The lowest BCUT2D eigenvalue weighted by Crippen LogP contribution is -2.62. The third-order valence-electron chi connectivity index (χ3n) is 7.50. The third-order valence-corrected chi connectivity index (χ3v) is 7.50. The molecule has 0 spiro atoms. The van der Waals surface area contributed by atoms with Crippen LogP contribution in [0.1, 0.15) is 6.42 Å². The fourth-order valence-electron chi connectivity index (χ4n) is 7.70. The first-order valence-corrected chi connectivity index (χ1v) is 6.87. The van der Waals surface area contributed by atoms with Crippen molar-refractivity contribution in [2.75, 3.05) is 0 Å². The molecule has 7 aliphatic rings. The normalized spacial score (nSPS) is 71.6. The highest BCUT2D eigenvalue weighted by molar-refractivity contribution is 5.84. The molecule has 0 aromatic rings. The fraction of sp³-hybridized carbons (Fsp3) is 0.923. The molecule has 4 bridgehead atoms. The Morgan fingerprint density at radius 2 is 1.94 bits per heavy atom. The van der Waals surface area contributed by atoms with Crippen molar-refractivity contribution in [1.82, 2.24) is 0 Å². The van der Waals surface area contributed by atoms with Gasteiger partial charge in [-0.25, -0.2) is 0 Å². The zero-order chi connectivity index (χ0) is 12.2. The molecule has 1 amide bonds. The Balaban J connectivity index is 1.65. The van der Waals surface area contributed by atoms with Crippen LogP contribution in [0.5, 0.6) is 0 Å². The summed E-state index contributed by atoms with van der Waals surface area (Å²) in [5.74, 6) is -2.44. The van der Waals surface area contributed by atoms with E-state index >= 15 is 0 Å². The molecular weight excluding hydrogens is 240 g/mol. The molecule has 2 saturated heterocycles. The standard InChI is InChI=1S/C13H13F2NO2/c14-13(15,11(16)17)12-8-3-1-2-4-5(3)9(12)7(4)10(18-12)6(2)8/h2-10H,1H2,(H2,16,17)/t2-,3-,4+,5+,6+,7+,8-,9+,10-,12-/m0/s1. The average Bonchev–Trinajstić information content (AvgIpc) is 2.86. The van der Waals surface area contributed by atoms with E-state index in [1.54, 1.807) is 0 Å². The minimum Gasteiger partial charge on any atom is -0.364 e. The van der Waals surface area contributed by atoms with Gasteiger partial charge in [-0.05, 0) is 41.9 Å². The zero-order valence-electron chi connectivity index (χ0n) is 9.55. The number of nitrogens with two attached hydrogens (primary N) is 1. The Kier molecular flexibility index (Phi) is 1.04. The summed E-state index contributed by atoms with van der Waals surface area (Å²) < 4.78 is 34.7. The molecule has 5 heteroatoms. The molecule has 5 aliphatic carbocycles. The van der Waals surface area contributed by atoms with Crippen LogP contribution >= 0.6 is 0 Å². The second-order valence-corrected chi connectivity index (χ2v) is 7.24. The van der Waals surface area contributed by atoms with E-state index in [-0.39, 0.29) is 17.9 Å². The maximum Gasteiger partial charge on any atom is 0.353 e. The predicted molar refractivity (Wildman–Crippen MR) is 54.3 cm³/mol. The Labute approximate surface area is 102 Å². The van der Waals surface area contributed by atoms with Gasteiger partial charge >= 0.3 is 5.92 Å². The molecule has 0 aromatic carbocycles. The Hall–Kier alpha value is -0.710. The molecule has 2 N–H and O–H groups in total. The molecule has 0 unspecified atom stereocenters. The van der Waals surface area contributed by atoms with Crippen LogP contribution in [0.3, 0.4) is 0 Å². The molecule has 7 rings (SSSR count). The number of primary amides is 1. The molecule has 18 heavy (non-hydrogen) atoms. The van der Waals surface area contributed by atoms with Gasteiger partial charge in [-0.1, -0.05) is 0 Å². The lowest BCUT2D eigenvalue weighted by Gasteiger charge is -2.47. The lowest BCUT2D eigenvalue weighted by atomic mass is 9.56. The molecule has 3 nitrogen and oxygen atoms in total. The maximum absolute atomic E-state index is 14.5. The number of halogens is 2. The van der Waals surface area contributed by atoms with Gasteiger partial charge in [-0.15, -0.1) is 0 Å². The molecule has 2 heterocycles. The van der Waals surface area contributed by atoms with Gasteiger partial charge < -0.3 is 10.5 Å². The smallest absolute Gasteiger partial charge is 0.353 e. The summed E-state index contributed by atoms with van der Waals surface area (Å²) in [5.41, 5.74) is 3.49. The van der Waals surface area contributed by atoms with E-state index < -0.39 is 17.4 Å². The molecule has 2 aliphatic heterocycles. The van der Waals surface area contributed by atoms with Crippen molar-refractivity contribution in [2.45, 2.75) is 24.0 Å². The summed E-state index contributed by atoms with van der Waals surface area (Å²) in [7, 11) is 0. The van der Waals surface area contributed by atoms with E-state index in [2.05, 4.69) is 0 Å². The summed E-state index contributed by atoms with van der Waals surface area (Å²) in [6.07, 6.45) is 1.12. The van der Waals surface area contributed by atoms with Gasteiger partial charge in [0.15, 0.2) is 0 Å². The highest BCUT2D eigenvalue weighted by Gasteiger charge is 2.97. The summed E-state index contributed by atoms with van der Waals surface area (Å²) in [6, 6.07) is 0. The Morgan fingerprint density at radius 1 is 1.17 bits per heavy atom. The first kappa shape index (κ1) is 9.23. The zero-order valence-corrected chi connectivity index (χ0v) is 9.55. The van der Waals surface area contributed by atoms with E-state index in [1.165, 1.54) is 0 Å². The highest BCUT2D eigenvalue weighted by Crippen LogP contribution is 2.91. The monoisotopic (exact) mass is 253 g/mol. The van der Waals surface area contributed by atoms with Crippen molar-refractivity contribution in [2.24, 2.45) is 53.1 Å². The van der Waals surface area contributed by atoms with E-state index in [0.717, 1.165) is 6.42 Å². The SMILES string of the molecule is NC(=O)C(F)(F)[C@@]12O[C@@H]3[C@@H]4[C@@H]5[C@@H]6C[C@@H]([C@H]5[C@H]41)[C@H]2[C@@H]63. The number of alkyl halides is 2. The third kappa shape index (κ3) is 0.497. The van der Waals surface area contributed by atoms with Gasteiger partial charge in [0.2, 0.25) is 0 Å². The van der Waals surface area contributed by atoms with Crippen LogP contribution in [-0.2, 0) is 9.53 Å². The largest absolute Gasteiger partial charge is 0.364 e. The highest BCUT2D eigenvalue weighted by atomic mass is 19.3. The first-order chi connectivity index (χ1) is 8.52. The summed E-state index contributed by atoms with van der Waals surface area (Å²) >= 11 is 0. The second-order valence-electron chi connectivity index (χ2n) is 7.24. The van der Waals surface area contributed by atoms with Crippen LogP contribution in [-0.4, -0.2) is 23.5 Å². The van der Waals surface area contributed by atoms with Crippen molar-refractivity contribution in [3.8, 4) is 0 Å². The Morgan fingerprint density at radius 3 is 2.67 bits per heavy atom. The summed E-state index contributed by atoms with van der Waals surface area (Å²) in [6.45, 7) is 0. The number of carbonyl (C=O) groups excluding carboxylic acids is 1. The molecule has 0 radical (unpaired) electrons. The van der Waals surface area contributed by atoms with Crippen molar-refractivity contribution in [3.63, 3.8) is 0 Å². The molecule has 96 valence electrons. The van der Waals surface area contributed by atoms with Crippen LogP contribution in [0, 0.1) is 47.3 Å². The van der Waals surface area contributed by atoms with E-state index in [0.29, 0.717) is 35.5 Å². The quantitative estimate of drug-likeness (QED) is 0.785. The van der Waals surface area contributed by atoms with Crippen LogP contribution in [0.25, 0.3) is 0 Å². The molecule has 10 atom stereocenters. The van der Waals surface area contributed by atoms with Gasteiger partial charge in [0, 0.05) is 11.8 Å². The van der Waals surface area contributed by atoms with Crippen molar-refractivity contribution in [1.29, 1.82) is 0 Å². The van der Waals surface area contributed by atoms with Gasteiger partial charge in [0.1, 0.15) is 5.60 Å². The predicted octanol–water partition coefficient (Wildman–Crippen LogP) is 0.632. The minimum atomic E-state index is -3.48. The van der Waals surface area contributed by atoms with Crippen molar-refractivity contribution in [3.05, 3.63) is 0 Å². The summed E-state index contributed by atoms with van der Waals surface area (Å²) in [5, 5.41) is 0. The lowest BCUT2D eigenvalue weighted by molar-refractivity contribution is -0.206. The Bertz CT molecular complexity index is 527. The first-order valence-electron chi connectivity index (χ1n) is 6.87. The second kappa shape index (κ2) is 2.03. The molecular formula is C13H13F2NO2. The maximum atomic E-state index is 14.5. The summed E-state index contributed by atoms with van der Waals surface area (Å²) in [4.78, 5) is 11.3. The minimum absolute atomic E-state index is 0.0176. The van der Waals surface area contributed by atoms with E-state index in [4.69, 9.17) is 10.5 Å². The fourth-order valence-corrected chi connectivity index (χ4v) is 7.70.